The zero-order valence-corrected chi connectivity index (χ0v) is 17.6. The normalized spacial score (nSPS) is 19.0. The molecule has 3 aromatic rings. The van der Waals surface area contributed by atoms with E-state index in [2.05, 4.69) is 46.0 Å². The highest BCUT2D eigenvalue weighted by molar-refractivity contribution is 5.81. The summed E-state index contributed by atoms with van der Waals surface area (Å²) in [5.41, 5.74) is 1.99. The van der Waals surface area contributed by atoms with E-state index in [0.717, 1.165) is 36.7 Å². The van der Waals surface area contributed by atoms with Crippen molar-refractivity contribution in [2.24, 2.45) is 0 Å². The summed E-state index contributed by atoms with van der Waals surface area (Å²) in [6.45, 7) is 10.1. The molecule has 3 aromatic heterocycles. The Bertz CT molecular complexity index is 1050. The van der Waals surface area contributed by atoms with Crippen molar-refractivity contribution in [2.75, 3.05) is 13.1 Å². The van der Waals surface area contributed by atoms with E-state index in [1.165, 1.54) is 6.92 Å². The third-order valence-corrected chi connectivity index (χ3v) is 5.66. The lowest BCUT2D eigenvalue weighted by Gasteiger charge is -2.32. The Kier molecular flexibility index (Phi) is 5.12. The Morgan fingerprint density at radius 2 is 2.03 bits per heavy atom. The average Bonchev–Trinajstić information content (AvgIpc) is 3.27. The van der Waals surface area contributed by atoms with Gasteiger partial charge in [-0.25, -0.2) is 4.98 Å². The van der Waals surface area contributed by atoms with Crippen molar-refractivity contribution in [3.8, 4) is 0 Å². The maximum atomic E-state index is 13.7. The summed E-state index contributed by atoms with van der Waals surface area (Å²) in [6.07, 6.45) is -1.01. The lowest BCUT2D eigenvalue weighted by atomic mass is 9.88. The first-order chi connectivity index (χ1) is 14.0. The number of fused-ring (bicyclic) bond motifs is 1. The van der Waals surface area contributed by atoms with E-state index in [0.29, 0.717) is 18.8 Å². The molecule has 0 bridgehead atoms. The van der Waals surface area contributed by atoms with Crippen molar-refractivity contribution < 1.29 is 17.7 Å². The molecule has 0 amide bonds. The number of nitrogens with zero attached hydrogens (tertiary/aromatic N) is 4. The van der Waals surface area contributed by atoms with Crippen molar-refractivity contribution in [1.29, 1.82) is 0 Å². The monoisotopic (exact) mass is 421 g/mol. The van der Waals surface area contributed by atoms with E-state index < -0.39 is 11.7 Å². The Hall–Kier alpha value is -2.42. The minimum Gasteiger partial charge on any atom is -0.336 e. The van der Waals surface area contributed by atoms with E-state index in [1.54, 1.807) is 0 Å². The van der Waals surface area contributed by atoms with Gasteiger partial charge in [0, 0.05) is 41.4 Å². The van der Waals surface area contributed by atoms with Crippen LogP contribution in [-0.2, 0) is 18.1 Å². The lowest BCUT2D eigenvalue weighted by Crippen LogP contribution is -2.34. The summed E-state index contributed by atoms with van der Waals surface area (Å²) in [7, 11) is 0. The van der Waals surface area contributed by atoms with Gasteiger partial charge in [-0.15, -0.1) is 0 Å². The molecule has 1 N–H and O–H groups in total. The fraction of sp³-hybridized carbons (Fsp3) is 0.571. The van der Waals surface area contributed by atoms with Gasteiger partial charge in [0.1, 0.15) is 0 Å². The second-order valence-corrected chi connectivity index (χ2v) is 9.15. The standard InChI is InChI=1S/C21H26F3N5O/c1-12-8-15(21(22,23)24)16-17(28-30-19(16)26-12)13-6-5-7-29(10-13)11-14-9-25-27-18(14)20(2,3)4/h8-9,13H,5-7,10-11H2,1-4H3,(H,25,27)/t13-/m1/s1. The van der Waals surface area contributed by atoms with E-state index in [9.17, 15) is 13.2 Å². The van der Waals surface area contributed by atoms with Crippen LogP contribution in [-0.4, -0.2) is 38.3 Å². The molecule has 30 heavy (non-hydrogen) atoms. The van der Waals surface area contributed by atoms with E-state index in [-0.39, 0.29) is 28.1 Å². The molecule has 1 saturated heterocycles. The van der Waals surface area contributed by atoms with Crippen molar-refractivity contribution >= 4 is 11.1 Å². The summed E-state index contributed by atoms with van der Waals surface area (Å²) in [6, 6.07) is 1.07. The summed E-state index contributed by atoms with van der Waals surface area (Å²) < 4.78 is 46.3. The number of rotatable bonds is 3. The fourth-order valence-electron chi connectivity index (χ4n) is 4.34. The van der Waals surface area contributed by atoms with Crippen LogP contribution in [0.1, 0.15) is 67.7 Å². The summed E-state index contributed by atoms with van der Waals surface area (Å²) in [5.74, 6) is -0.143. The lowest BCUT2D eigenvalue weighted by molar-refractivity contribution is -0.136. The third kappa shape index (κ3) is 3.95. The number of aromatic nitrogens is 4. The zero-order valence-electron chi connectivity index (χ0n) is 17.6. The smallest absolute Gasteiger partial charge is 0.336 e. The topological polar surface area (TPSA) is 70.8 Å². The van der Waals surface area contributed by atoms with Crippen LogP contribution in [0.4, 0.5) is 13.2 Å². The van der Waals surface area contributed by atoms with Crippen molar-refractivity contribution in [1.82, 2.24) is 25.2 Å². The molecular weight excluding hydrogens is 395 g/mol. The van der Waals surface area contributed by atoms with Gasteiger partial charge in [-0.2, -0.15) is 18.3 Å². The minimum atomic E-state index is -4.49. The molecule has 6 nitrogen and oxygen atoms in total. The van der Waals surface area contributed by atoms with Crippen LogP contribution in [0.5, 0.6) is 0 Å². The van der Waals surface area contributed by atoms with Gasteiger partial charge >= 0.3 is 6.18 Å². The third-order valence-electron chi connectivity index (χ3n) is 5.66. The molecule has 0 spiro atoms. The van der Waals surface area contributed by atoms with Crippen LogP contribution >= 0.6 is 0 Å². The molecule has 162 valence electrons. The molecule has 0 unspecified atom stereocenters. The van der Waals surface area contributed by atoms with Gasteiger partial charge in [0.05, 0.1) is 22.8 Å². The number of aryl methyl sites for hydroxylation is 1. The maximum absolute atomic E-state index is 13.7. The predicted molar refractivity (Wildman–Crippen MR) is 106 cm³/mol. The quantitative estimate of drug-likeness (QED) is 0.648. The number of aromatic amines is 1. The minimum absolute atomic E-state index is 0.00126. The van der Waals surface area contributed by atoms with Crippen LogP contribution in [0.15, 0.2) is 16.8 Å². The van der Waals surface area contributed by atoms with Gasteiger partial charge in [-0.05, 0) is 32.4 Å². The summed E-state index contributed by atoms with van der Waals surface area (Å²) in [5, 5.41) is 11.3. The highest BCUT2D eigenvalue weighted by atomic mass is 19.4. The van der Waals surface area contributed by atoms with Gasteiger partial charge < -0.3 is 4.52 Å². The molecule has 1 aliphatic rings. The fourth-order valence-corrected chi connectivity index (χ4v) is 4.34. The summed E-state index contributed by atoms with van der Waals surface area (Å²) in [4.78, 5) is 6.38. The highest BCUT2D eigenvalue weighted by Crippen LogP contribution is 2.40. The molecule has 0 aliphatic carbocycles. The second-order valence-electron chi connectivity index (χ2n) is 9.15. The maximum Gasteiger partial charge on any atom is 0.417 e. The van der Waals surface area contributed by atoms with E-state index >= 15 is 0 Å². The molecule has 1 atom stereocenters. The number of nitrogens with one attached hydrogen (secondary N) is 1. The number of hydrogen-bond acceptors (Lipinski definition) is 5. The Morgan fingerprint density at radius 3 is 2.73 bits per heavy atom. The number of halogens is 3. The number of alkyl halides is 3. The first kappa shape index (κ1) is 20.8. The van der Waals surface area contributed by atoms with Gasteiger partial charge in [0.15, 0.2) is 0 Å². The molecule has 1 fully saturated rings. The molecule has 4 heterocycles. The highest BCUT2D eigenvalue weighted by Gasteiger charge is 2.38. The molecule has 4 rings (SSSR count). The Labute approximate surface area is 172 Å². The van der Waals surface area contributed by atoms with Gasteiger partial charge in [0.25, 0.3) is 5.71 Å². The van der Waals surface area contributed by atoms with Crippen LogP contribution < -0.4 is 0 Å². The first-order valence-corrected chi connectivity index (χ1v) is 10.1. The van der Waals surface area contributed by atoms with Crippen molar-refractivity contribution in [3.63, 3.8) is 0 Å². The van der Waals surface area contributed by atoms with Gasteiger partial charge in [-0.3, -0.25) is 10.00 Å². The number of piperidine rings is 1. The van der Waals surface area contributed by atoms with Gasteiger partial charge in [0.2, 0.25) is 0 Å². The van der Waals surface area contributed by atoms with E-state index in [1.807, 2.05) is 6.20 Å². The number of pyridine rings is 1. The van der Waals surface area contributed by atoms with Crippen molar-refractivity contribution in [2.45, 2.75) is 64.6 Å². The van der Waals surface area contributed by atoms with Crippen LogP contribution in [0.25, 0.3) is 11.1 Å². The van der Waals surface area contributed by atoms with Crippen LogP contribution in [0, 0.1) is 6.92 Å². The number of H-pyrrole nitrogens is 1. The molecule has 0 saturated carbocycles. The largest absolute Gasteiger partial charge is 0.417 e. The molecule has 0 radical (unpaired) electrons. The predicted octanol–water partition coefficient (Wildman–Crippen LogP) is 4.95. The number of hydrogen-bond donors (Lipinski definition) is 1. The van der Waals surface area contributed by atoms with Crippen LogP contribution in [0.2, 0.25) is 0 Å². The van der Waals surface area contributed by atoms with Crippen LogP contribution in [0.3, 0.4) is 0 Å². The first-order valence-electron chi connectivity index (χ1n) is 10.1. The number of likely N-dealkylation sites (tertiary alicyclic amines) is 1. The van der Waals surface area contributed by atoms with E-state index in [4.69, 9.17) is 4.52 Å². The average molecular weight is 421 g/mol. The van der Waals surface area contributed by atoms with Crippen molar-refractivity contribution in [3.05, 3.63) is 40.5 Å². The molecule has 0 aromatic carbocycles. The second kappa shape index (κ2) is 7.37. The molecular formula is C21H26F3N5O. The molecule has 9 heteroatoms. The zero-order chi connectivity index (χ0) is 21.7. The van der Waals surface area contributed by atoms with Gasteiger partial charge in [-0.1, -0.05) is 25.9 Å². The SMILES string of the molecule is Cc1cc(C(F)(F)F)c2c([C@@H]3CCCN(Cc4cn[nH]c4C(C)(C)C)C3)noc2n1. The summed E-state index contributed by atoms with van der Waals surface area (Å²) >= 11 is 0. The molecule has 1 aliphatic heterocycles. The Balaban J connectivity index is 1.63. The Morgan fingerprint density at radius 1 is 1.27 bits per heavy atom.